The Morgan fingerprint density at radius 2 is 1.78 bits per heavy atom. The fourth-order valence-electron chi connectivity index (χ4n) is 5.45. The highest BCUT2D eigenvalue weighted by atomic mass is 19.4. The number of aromatic hydroxyl groups is 1. The zero-order chi connectivity index (χ0) is 23.7. The van der Waals surface area contributed by atoms with E-state index in [1.165, 1.54) is 18.2 Å². The molecule has 4 nitrogen and oxygen atoms in total. The minimum absolute atomic E-state index is 0.106. The number of nitrogens with zero attached hydrogens (tertiary/aromatic N) is 1. The number of carbonyl (C=O) groups is 1. The zero-order valence-electron chi connectivity index (χ0n) is 18.6. The lowest BCUT2D eigenvalue weighted by Crippen LogP contribution is -2.64. The lowest BCUT2D eigenvalue weighted by atomic mass is 9.51. The summed E-state index contributed by atoms with van der Waals surface area (Å²) in [6.45, 7) is 7.51. The second-order valence-corrected chi connectivity index (χ2v) is 9.98. The number of piperidine rings is 1. The van der Waals surface area contributed by atoms with Crippen molar-refractivity contribution in [3.8, 4) is 5.75 Å². The number of likely N-dealkylation sites (tertiary alicyclic amines) is 1. The number of hydrogen-bond acceptors (Lipinski definition) is 3. The molecule has 0 radical (unpaired) electrons. The number of phenols is 1. The SMILES string of the molecule is CC(O)(c1cccc(C(=O)N2CC[C@@]3(C)c4cccc(O)c4C[C@@H]2C3(C)C)c1)C(F)(F)F. The van der Waals surface area contributed by atoms with Crippen molar-refractivity contribution in [2.24, 2.45) is 5.41 Å². The molecule has 0 spiro atoms. The topological polar surface area (TPSA) is 60.8 Å². The van der Waals surface area contributed by atoms with Crippen LogP contribution in [0.25, 0.3) is 0 Å². The average molecular weight is 447 g/mol. The molecule has 1 heterocycles. The molecule has 3 atom stereocenters. The van der Waals surface area contributed by atoms with Crippen LogP contribution in [0.2, 0.25) is 0 Å². The molecule has 2 aliphatic rings. The highest BCUT2D eigenvalue weighted by Crippen LogP contribution is 2.57. The van der Waals surface area contributed by atoms with Gasteiger partial charge in [0.2, 0.25) is 0 Å². The molecule has 0 aromatic heterocycles. The molecule has 1 aliphatic heterocycles. The maximum absolute atomic E-state index is 13.5. The first kappa shape index (κ1) is 22.6. The molecule has 4 rings (SSSR count). The Bertz CT molecular complexity index is 1080. The Labute approximate surface area is 185 Å². The molecule has 1 saturated heterocycles. The second-order valence-electron chi connectivity index (χ2n) is 9.98. The zero-order valence-corrected chi connectivity index (χ0v) is 18.6. The Morgan fingerprint density at radius 3 is 2.44 bits per heavy atom. The predicted octanol–water partition coefficient (Wildman–Crippen LogP) is 4.92. The van der Waals surface area contributed by atoms with E-state index >= 15 is 0 Å². The van der Waals surface area contributed by atoms with Crippen LogP contribution >= 0.6 is 0 Å². The summed E-state index contributed by atoms with van der Waals surface area (Å²) < 4.78 is 40.0. The summed E-state index contributed by atoms with van der Waals surface area (Å²) in [6.07, 6.45) is -3.73. The van der Waals surface area contributed by atoms with E-state index in [4.69, 9.17) is 0 Å². The van der Waals surface area contributed by atoms with Crippen molar-refractivity contribution < 1.29 is 28.2 Å². The van der Waals surface area contributed by atoms with E-state index in [-0.39, 0.29) is 39.7 Å². The van der Waals surface area contributed by atoms with E-state index in [0.717, 1.165) is 17.2 Å². The fourth-order valence-corrected chi connectivity index (χ4v) is 5.45. The lowest BCUT2D eigenvalue weighted by molar-refractivity contribution is -0.258. The monoisotopic (exact) mass is 447 g/mol. The van der Waals surface area contributed by atoms with Gasteiger partial charge in [0.25, 0.3) is 5.91 Å². The maximum Gasteiger partial charge on any atom is 0.421 e. The van der Waals surface area contributed by atoms with Crippen LogP contribution in [0.3, 0.4) is 0 Å². The molecule has 1 unspecified atom stereocenters. The Kier molecular flexibility index (Phi) is 4.94. The fraction of sp³-hybridized carbons (Fsp3) is 0.480. The molecule has 1 aliphatic carbocycles. The largest absolute Gasteiger partial charge is 0.508 e. The molecule has 2 N–H and O–H groups in total. The van der Waals surface area contributed by atoms with E-state index < -0.39 is 11.8 Å². The minimum Gasteiger partial charge on any atom is -0.508 e. The predicted molar refractivity (Wildman–Crippen MR) is 114 cm³/mol. The number of halogens is 3. The average Bonchev–Trinajstić information content (AvgIpc) is 2.70. The lowest BCUT2D eigenvalue weighted by Gasteiger charge is -2.60. The van der Waals surface area contributed by atoms with Gasteiger partial charge < -0.3 is 15.1 Å². The number of aliphatic hydroxyl groups is 1. The van der Waals surface area contributed by atoms with Crippen LogP contribution in [-0.4, -0.2) is 39.8 Å². The molecule has 2 aromatic rings. The van der Waals surface area contributed by atoms with Gasteiger partial charge in [-0.15, -0.1) is 0 Å². The van der Waals surface area contributed by atoms with Crippen molar-refractivity contribution in [3.63, 3.8) is 0 Å². The van der Waals surface area contributed by atoms with E-state index in [2.05, 4.69) is 20.8 Å². The van der Waals surface area contributed by atoms with Gasteiger partial charge in [0, 0.05) is 23.6 Å². The van der Waals surface area contributed by atoms with E-state index in [1.807, 2.05) is 12.1 Å². The summed E-state index contributed by atoms with van der Waals surface area (Å²) in [5, 5.41) is 20.6. The molecule has 0 saturated carbocycles. The highest BCUT2D eigenvalue weighted by molar-refractivity contribution is 5.95. The van der Waals surface area contributed by atoms with Gasteiger partial charge in [-0.25, -0.2) is 0 Å². The van der Waals surface area contributed by atoms with Crippen molar-refractivity contribution in [3.05, 3.63) is 64.7 Å². The van der Waals surface area contributed by atoms with E-state index in [9.17, 15) is 28.2 Å². The smallest absolute Gasteiger partial charge is 0.421 e. The molecule has 32 heavy (non-hydrogen) atoms. The number of rotatable bonds is 2. The van der Waals surface area contributed by atoms with Crippen LogP contribution in [0.5, 0.6) is 5.75 Å². The summed E-state index contributed by atoms with van der Waals surface area (Å²) in [7, 11) is 0. The normalized spacial score (nSPS) is 26.2. The van der Waals surface area contributed by atoms with Gasteiger partial charge in [0.15, 0.2) is 5.60 Å². The van der Waals surface area contributed by atoms with Gasteiger partial charge in [-0.05, 0) is 60.1 Å². The molecule has 172 valence electrons. The van der Waals surface area contributed by atoms with Crippen LogP contribution in [0, 0.1) is 5.41 Å². The van der Waals surface area contributed by atoms with Gasteiger partial charge in [-0.1, -0.05) is 45.0 Å². The third-order valence-corrected chi connectivity index (χ3v) is 8.11. The Hall–Kier alpha value is -2.54. The van der Waals surface area contributed by atoms with Crippen LogP contribution in [-0.2, 0) is 17.4 Å². The van der Waals surface area contributed by atoms with Gasteiger partial charge in [0.1, 0.15) is 5.75 Å². The Balaban J connectivity index is 1.74. The van der Waals surface area contributed by atoms with E-state index in [1.54, 1.807) is 11.0 Å². The first-order chi connectivity index (χ1) is 14.7. The van der Waals surface area contributed by atoms with Crippen LogP contribution in [0.4, 0.5) is 13.2 Å². The number of fused-ring (bicyclic) bond motifs is 4. The number of hydrogen-bond donors (Lipinski definition) is 2. The van der Waals surface area contributed by atoms with Crippen molar-refractivity contribution in [1.29, 1.82) is 0 Å². The molecule has 1 amide bonds. The quantitative estimate of drug-likeness (QED) is 0.687. The van der Waals surface area contributed by atoms with Gasteiger partial charge in [-0.3, -0.25) is 4.79 Å². The summed E-state index contributed by atoms with van der Waals surface area (Å²) in [5.41, 5.74) is -1.99. The first-order valence-corrected chi connectivity index (χ1v) is 10.7. The maximum atomic E-state index is 13.5. The first-order valence-electron chi connectivity index (χ1n) is 10.7. The molecule has 7 heteroatoms. The third kappa shape index (κ3) is 3.04. The number of phenolic OH excluding ortho intramolecular Hbond substituents is 1. The number of benzene rings is 2. The van der Waals surface area contributed by atoms with Gasteiger partial charge in [0.05, 0.1) is 0 Å². The van der Waals surface area contributed by atoms with Crippen molar-refractivity contribution in [2.45, 2.75) is 63.8 Å². The van der Waals surface area contributed by atoms with Crippen LogP contribution in [0.15, 0.2) is 42.5 Å². The van der Waals surface area contributed by atoms with E-state index in [0.29, 0.717) is 26.3 Å². The standard InChI is InChI=1S/C25H28F3NO3/c1-22(2)20-14-17-18(9-6-10-19(17)30)23(22,3)11-12-29(20)21(31)15-7-5-8-16(13-15)24(4,32)25(26,27)28/h5-10,13,20,30,32H,11-12,14H2,1-4H3/t20-,23+,24?/m1/s1. The summed E-state index contributed by atoms with van der Waals surface area (Å²) in [6, 6.07) is 10.4. The van der Waals surface area contributed by atoms with Crippen LogP contribution < -0.4 is 0 Å². The third-order valence-electron chi connectivity index (χ3n) is 8.11. The summed E-state index contributed by atoms with van der Waals surface area (Å²) >= 11 is 0. The number of alkyl halides is 3. The molecule has 1 fully saturated rings. The van der Waals surface area contributed by atoms with Crippen molar-refractivity contribution >= 4 is 5.91 Å². The number of carbonyl (C=O) groups excluding carboxylic acids is 1. The summed E-state index contributed by atoms with van der Waals surface area (Å²) in [4.78, 5) is 15.2. The van der Waals surface area contributed by atoms with Gasteiger partial charge >= 0.3 is 6.18 Å². The van der Waals surface area contributed by atoms with Crippen molar-refractivity contribution in [1.82, 2.24) is 4.90 Å². The van der Waals surface area contributed by atoms with Crippen LogP contribution in [0.1, 0.15) is 61.2 Å². The second kappa shape index (κ2) is 6.98. The molecular formula is C25H28F3NO3. The molecular weight excluding hydrogens is 419 g/mol. The van der Waals surface area contributed by atoms with Gasteiger partial charge in [-0.2, -0.15) is 13.2 Å². The highest BCUT2D eigenvalue weighted by Gasteiger charge is 2.57. The summed E-state index contributed by atoms with van der Waals surface area (Å²) in [5.74, 6) is -0.171. The Morgan fingerprint density at radius 1 is 1.12 bits per heavy atom. The molecule has 2 aromatic carbocycles. The minimum atomic E-state index is -4.87. The number of amides is 1. The van der Waals surface area contributed by atoms with Crippen molar-refractivity contribution in [2.75, 3.05) is 6.54 Å². The molecule has 2 bridgehead atoms.